The second kappa shape index (κ2) is 5.95. The topological polar surface area (TPSA) is 160 Å². The van der Waals surface area contributed by atoms with Crippen molar-refractivity contribution >= 4 is 7.82 Å². The monoisotopic (exact) mass is 338 g/mol. The molecule has 11 nitrogen and oxygen atoms in total. The molecule has 4 N–H and O–H groups in total. The van der Waals surface area contributed by atoms with Crippen LogP contribution in [0.5, 0.6) is 0 Å². The number of hydrogen-bond donors (Lipinski definition) is 4. The summed E-state index contributed by atoms with van der Waals surface area (Å²) in [6.07, 6.45) is -1.85. The highest BCUT2D eigenvalue weighted by atomic mass is 31.2. The van der Waals surface area contributed by atoms with E-state index >= 15 is 0 Å². The van der Waals surface area contributed by atoms with Gasteiger partial charge in [-0.25, -0.2) is 9.36 Å². The van der Waals surface area contributed by atoms with Gasteiger partial charge in [-0.2, -0.15) is 0 Å². The molecule has 22 heavy (non-hydrogen) atoms. The Morgan fingerprint density at radius 3 is 2.59 bits per heavy atom. The minimum absolute atomic E-state index is 0.0291. The molecule has 3 atom stereocenters. The summed E-state index contributed by atoms with van der Waals surface area (Å²) in [6, 6.07) is 0. The molecule has 0 bridgehead atoms. The number of aliphatic hydroxyl groups is 2. The Balaban J connectivity index is 2.49. The Labute approximate surface area is 123 Å². The molecule has 0 spiro atoms. The summed E-state index contributed by atoms with van der Waals surface area (Å²) >= 11 is 0. The summed E-state index contributed by atoms with van der Waals surface area (Å²) in [4.78, 5) is 41.4. The van der Waals surface area contributed by atoms with E-state index in [0.29, 0.717) is 0 Å². The molecule has 0 unspecified atom stereocenters. The number of hydrogen-bond acceptors (Lipinski definition) is 7. The van der Waals surface area contributed by atoms with E-state index in [1.165, 1.54) is 6.92 Å². The molecule has 0 saturated carbocycles. The van der Waals surface area contributed by atoms with E-state index in [2.05, 4.69) is 4.62 Å². The maximum Gasteiger partial charge on any atom is 0.544 e. The lowest BCUT2D eigenvalue weighted by molar-refractivity contribution is -0.0475. The summed E-state index contributed by atoms with van der Waals surface area (Å²) in [6.45, 7) is 0.844. The number of aryl methyl sites for hydroxylation is 1. The molecule has 1 aliphatic rings. The Hall–Kier alpha value is -1.49. The van der Waals surface area contributed by atoms with Gasteiger partial charge < -0.3 is 19.6 Å². The fourth-order valence-corrected chi connectivity index (χ4v) is 2.46. The number of aromatic nitrogens is 2. The molecular weight excluding hydrogens is 323 g/mol. The van der Waals surface area contributed by atoms with Crippen LogP contribution in [0.2, 0.25) is 0 Å². The lowest BCUT2D eigenvalue weighted by Gasteiger charge is -2.17. The van der Waals surface area contributed by atoms with Gasteiger partial charge in [0.1, 0.15) is 12.3 Å². The third-order valence-electron chi connectivity index (χ3n) is 3.13. The van der Waals surface area contributed by atoms with Crippen LogP contribution >= 0.6 is 7.82 Å². The van der Waals surface area contributed by atoms with Crippen molar-refractivity contribution in [2.24, 2.45) is 0 Å². The predicted molar refractivity (Wildman–Crippen MR) is 69.9 cm³/mol. The zero-order valence-electron chi connectivity index (χ0n) is 11.4. The number of nitrogens with zero attached hydrogens (tertiary/aromatic N) is 2. The molecule has 0 radical (unpaired) electrons. The van der Waals surface area contributed by atoms with Gasteiger partial charge in [0.05, 0.1) is 12.7 Å². The fourth-order valence-electron chi connectivity index (χ4n) is 2.11. The second-order valence-electron chi connectivity index (χ2n) is 4.79. The first kappa shape index (κ1) is 16.9. The van der Waals surface area contributed by atoms with Crippen LogP contribution in [0.15, 0.2) is 15.8 Å². The zero-order valence-corrected chi connectivity index (χ0v) is 12.3. The van der Waals surface area contributed by atoms with Crippen LogP contribution in [0.1, 0.15) is 18.2 Å². The number of rotatable bonds is 4. The number of ether oxygens (including phenoxy) is 1. The van der Waals surface area contributed by atoms with E-state index in [9.17, 15) is 19.3 Å². The van der Waals surface area contributed by atoms with Crippen LogP contribution in [0.25, 0.3) is 0 Å². The molecule has 0 amide bonds. The minimum atomic E-state index is -5.12. The first-order chi connectivity index (χ1) is 10.1. The van der Waals surface area contributed by atoms with Crippen LogP contribution in [0.4, 0.5) is 0 Å². The highest BCUT2D eigenvalue weighted by Crippen LogP contribution is 2.30. The average molecular weight is 338 g/mol. The van der Waals surface area contributed by atoms with Gasteiger partial charge in [-0.15, -0.1) is 0 Å². The third-order valence-corrected chi connectivity index (χ3v) is 3.51. The molecule has 1 aromatic heterocycles. The summed E-state index contributed by atoms with van der Waals surface area (Å²) in [5.41, 5.74) is -2.23. The Morgan fingerprint density at radius 1 is 1.45 bits per heavy atom. The molecule has 1 fully saturated rings. The Kier molecular flexibility index (Phi) is 4.57. The van der Waals surface area contributed by atoms with E-state index in [0.717, 1.165) is 10.8 Å². The maximum atomic E-state index is 12.1. The summed E-state index contributed by atoms with van der Waals surface area (Å²) < 4.78 is 21.0. The van der Waals surface area contributed by atoms with E-state index in [1.807, 2.05) is 0 Å². The van der Waals surface area contributed by atoms with Gasteiger partial charge in [0.25, 0.3) is 5.56 Å². The lowest BCUT2D eigenvalue weighted by Crippen LogP contribution is -2.44. The van der Waals surface area contributed by atoms with Crippen LogP contribution in [-0.2, 0) is 9.30 Å². The van der Waals surface area contributed by atoms with Crippen molar-refractivity contribution in [2.45, 2.75) is 31.8 Å². The van der Waals surface area contributed by atoms with E-state index in [4.69, 9.17) is 19.6 Å². The van der Waals surface area contributed by atoms with Crippen molar-refractivity contribution < 1.29 is 33.9 Å². The highest BCUT2D eigenvalue weighted by Gasteiger charge is 2.36. The van der Waals surface area contributed by atoms with Crippen molar-refractivity contribution in [1.29, 1.82) is 0 Å². The molecule has 2 rings (SSSR count). The predicted octanol–water partition coefficient (Wildman–Crippen LogP) is -2.52. The van der Waals surface area contributed by atoms with Crippen LogP contribution in [-0.4, -0.2) is 48.1 Å². The molecule has 0 aromatic carbocycles. The molecule has 1 aromatic rings. The van der Waals surface area contributed by atoms with Gasteiger partial charge in [-0.1, -0.05) is 4.73 Å². The van der Waals surface area contributed by atoms with Gasteiger partial charge in [0.15, 0.2) is 0 Å². The number of phosphoric acid groups is 1. The van der Waals surface area contributed by atoms with Gasteiger partial charge in [-0.3, -0.25) is 19.1 Å². The maximum absolute atomic E-state index is 12.1. The summed E-state index contributed by atoms with van der Waals surface area (Å²) in [5, 5.41) is 18.7. The van der Waals surface area contributed by atoms with Crippen molar-refractivity contribution in [3.8, 4) is 0 Å². The molecule has 1 aliphatic heterocycles. The Bertz CT molecular complexity index is 720. The minimum Gasteiger partial charge on any atom is -0.394 e. The summed E-state index contributed by atoms with van der Waals surface area (Å²) in [7, 11) is -5.12. The lowest BCUT2D eigenvalue weighted by atomic mass is 10.2. The second-order valence-corrected chi connectivity index (χ2v) is 5.93. The first-order valence-corrected chi connectivity index (χ1v) is 7.72. The molecule has 0 aliphatic carbocycles. The highest BCUT2D eigenvalue weighted by molar-refractivity contribution is 7.46. The SMILES string of the molecule is Cc1cn([C@H]2C[C@H](O)[C@@H](CO)O2)c(=O)n(OP(=O)(O)O)c1=O. The fraction of sp³-hybridized carbons (Fsp3) is 0.600. The van der Waals surface area contributed by atoms with Crippen LogP contribution in [0.3, 0.4) is 0 Å². The summed E-state index contributed by atoms with van der Waals surface area (Å²) in [5.74, 6) is 0. The van der Waals surface area contributed by atoms with Crippen molar-refractivity contribution in [2.75, 3.05) is 6.61 Å². The van der Waals surface area contributed by atoms with Crippen molar-refractivity contribution in [3.63, 3.8) is 0 Å². The van der Waals surface area contributed by atoms with Crippen molar-refractivity contribution in [1.82, 2.24) is 9.30 Å². The molecular formula is C10H15N2O9P. The van der Waals surface area contributed by atoms with Gasteiger partial charge >= 0.3 is 13.5 Å². The first-order valence-electron chi connectivity index (χ1n) is 6.19. The molecule has 2 heterocycles. The van der Waals surface area contributed by atoms with Gasteiger partial charge in [-0.05, 0) is 6.92 Å². The van der Waals surface area contributed by atoms with Gasteiger partial charge in [0.2, 0.25) is 0 Å². The van der Waals surface area contributed by atoms with Gasteiger partial charge in [0, 0.05) is 18.2 Å². The van der Waals surface area contributed by atoms with E-state index in [-0.39, 0.29) is 16.7 Å². The normalized spacial score (nSPS) is 25.4. The largest absolute Gasteiger partial charge is 0.544 e. The van der Waals surface area contributed by atoms with E-state index in [1.54, 1.807) is 0 Å². The van der Waals surface area contributed by atoms with Crippen molar-refractivity contribution in [3.05, 3.63) is 32.6 Å². The quantitative estimate of drug-likeness (QED) is 0.434. The molecule has 124 valence electrons. The standard InChI is InChI=1S/C10H15N2O9P/c1-5-3-11(8-2-6(14)7(4-13)20-8)10(16)12(9(5)15)21-22(17,18)19/h3,6-8,13-14H,2,4H2,1H3,(H2,17,18,19)/t6-,7+,8+/m0/s1. The average Bonchev–Trinajstić information content (AvgIpc) is 2.79. The smallest absolute Gasteiger partial charge is 0.394 e. The molecule has 12 heteroatoms. The van der Waals surface area contributed by atoms with Crippen LogP contribution < -0.4 is 15.9 Å². The molecule has 1 saturated heterocycles. The Morgan fingerprint density at radius 2 is 2.09 bits per heavy atom. The zero-order chi connectivity index (χ0) is 16.7. The number of aliphatic hydroxyl groups excluding tert-OH is 2. The van der Waals surface area contributed by atoms with Crippen LogP contribution in [0, 0.1) is 6.92 Å². The van der Waals surface area contributed by atoms with E-state index < -0.39 is 44.1 Å². The third kappa shape index (κ3) is 3.29.